The topological polar surface area (TPSA) is 15.7 Å². The highest BCUT2D eigenvalue weighted by Crippen LogP contribution is 2.14. The fourth-order valence-corrected chi connectivity index (χ4v) is 2.06. The molecule has 15 heavy (non-hydrogen) atoms. The van der Waals surface area contributed by atoms with Crippen LogP contribution in [0.3, 0.4) is 0 Å². The number of ether oxygens (including phenoxy) is 1. The summed E-state index contributed by atoms with van der Waals surface area (Å²) in [5.41, 5.74) is 0. The molecular weight excluding hydrogens is 188 g/mol. The summed E-state index contributed by atoms with van der Waals surface area (Å²) in [6, 6.07) is 0.665. The minimum absolute atomic E-state index is 0.665. The highest BCUT2D eigenvalue weighted by Gasteiger charge is 2.18. The molecule has 0 aromatic rings. The second kappa shape index (κ2) is 7.20. The standard InChI is InChI=1S/C12H26N2O/c1-13(2)8-6-10-15-11-12-7-4-5-9-14(12)3/h12H,4-11H2,1-3H3. The van der Waals surface area contributed by atoms with Gasteiger partial charge in [0.1, 0.15) is 0 Å². The second-order valence-corrected chi connectivity index (χ2v) is 4.86. The van der Waals surface area contributed by atoms with E-state index in [2.05, 4.69) is 30.9 Å². The largest absolute Gasteiger partial charge is 0.380 e. The average Bonchev–Trinajstić information content (AvgIpc) is 2.20. The van der Waals surface area contributed by atoms with Gasteiger partial charge in [-0.25, -0.2) is 0 Å². The molecule has 1 heterocycles. The third-order valence-corrected chi connectivity index (χ3v) is 3.13. The van der Waals surface area contributed by atoms with Gasteiger partial charge in [-0.3, -0.25) is 0 Å². The molecule has 3 heteroatoms. The molecule has 3 nitrogen and oxygen atoms in total. The van der Waals surface area contributed by atoms with E-state index in [1.807, 2.05) is 0 Å². The van der Waals surface area contributed by atoms with Gasteiger partial charge in [0.2, 0.25) is 0 Å². The van der Waals surface area contributed by atoms with Crippen LogP contribution >= 0.6 is 0 Å². The van der Waals surface area contributed by atoms with Gasteiger partial charge < -0.3 is 14.5 Å². The first-order valence-corrected chi connectivity index (χ1v) is 6.13. The summed E-state index contributed by atoms with van der Waals surface area (Å²) in [4.78, 5) is 4.64. The van der Waals surface area contributed by atoms with Crippen LogP contribution in [-0.2, 0) is 4.74 Å². The Kier molecular flexibility index (Phi) is 6.22. The molecule has 0 amide bonds. The van der Waals surface area contributed by atoms with Gasteiger partial charge in [0.15, 0.2) is 0 Å². The zero-order chi connectivity index (χ0) is 11.1. The van der Waals surface area contributed by atoms with Crippen LogP contribution in [0.15, 0.2) is 0 Å². The summed E-state index contributed by atoms with van der Waals surface area (Å²) in [7, 11) is 6.43. The summed E-state index contributed by atoms with van der Waals surface area (Å²) in [6.45, 7) is 4.19. The number of hydrogen-bond donors (Lipinski definition) is 0. The minimum atomic E-state index is 0.665. The summed E-state index contributed by atoms with van der Waals surface area (Å²) >= 11 is 0. The summed E-state index contributed by atoms with van der Waals surface area (Å²) in [6.07, 6.45) is 5.18. The quantitative estimate of drug-likeness (QED) is 0.622. The van der Waals surface area contributed by atoms with Crippen LogP contribution in [0.5, 0.6) is 0 Å². The van der Waals surface area contributed by atoms with Gasteiger partial charge >= 0.3 is 0 Å². The number of likely N-dealkylation sites (tertiary alicyclic amines) is 1. The lowest BCUT2D eigenvalue weighted by Gasteiger charge is -2.32. The first-order valence-electron chi connectivity index (χ1n) is 6.13. The molecule has 1 atom stereocenters. The van der Waals surface area contributed by atoms with Gasteiger partial charge in [0.25, 0.3) is 0 Å². The van der Waals surface area contributed by atoms with E-state index in [0.717, 1.165) is 26.2 Å². The third kappa shape index (κ3) is 5.50. The Morgan fingerprint density at radius 2 is 2.13 bits per heavy atom. The Bertz CT molecular complexity index is 162. The van der Waals surface area contributed by atoms with Crippen LogP contribution < -0.4 is 0 Å². The van der Waals surface area contributed by atoms with Crippen molar-refractivity contribution in [3.63, 3.8) is 0 Å². The zero-order valence-corrected chi connectivity index (χ0v) is 10.5. The van der Waals surface area contributed by atoms with Crippen LogP contribution in [0.2, 0.25) is 0 Å². The van der Waals surface area contributed by atoms with Gasteiger partial charge in [-0.2, -0.15) is 0 Å². The molecule has 1 aliphatic rings. The molecule has 0 aromatic carbocycles. The maximum atomic E-state index is 5.73. The van der Waals surface area contributed by atoms with Gasteiger partial charge in [0.05, 0.1) is 6.61 Å². The summed E-state index contributed by atoms with van der Waals surface area (Å²) in [5.74, 6) is 0. The molecule has 0 spiro atoms. The Labute approximate surface area is 94.4 Å². The molecule has 0 radical (unpaired) electrons. The number of rotatable bonds is 6. The van der Waals surface area contributed by atoms with E-state index < -0.39 is 0 Å². The molecule has 1 saturated heterocycles. The van der Waals surface area contributed by atoms with Gasteiger partial charge in [-0.05, 0) is 53.5 Å². The lowest BCUT2D eigenvalue weighted by atomic mass is 10.0. The van der Waals surface area contributed by atoms with Crippen LogP contribution in [0.4, 0.5) is 0 Å². The number of piperidine rings is 1. The molecule has 1 fully saturated rings. The van der Waals surface area contributed by atoms with Crippen LogP contribution in [0, 0.1) is 0 Å². The van der Waals surface area contributed by atoms with Crippen molar-refractivity contribution in [3.8, 4) is 0 Å². The molecule has 0 aromatic heterocycles. The minimum Gasteiger partial charge on any atom is -0.380 e. The first-order chi connectivity index (χ1) is 7.20. The van der Waals surface area contributed by atoms with Crippen LogP contribution in [0.25, 0.3) is 0 Å². The molecule has 1 aliphatic heterocycles. The maximum Gasteiger partial charge on any atom is 0.0621 e. The average molecular weight is 214 g/mol. The highest BCUT2D eigenvalue weighted by atomic mass is 16.5. The predicted molar refractivity (Wildman–Crippen MR) is 64.3 cm³/mol. The smallest absolute Gasteiger partial charge is 0.0621 e. The van der Waals surface area contributed by atoms with E-state index in [9.17, 15) is 0 Å². The fourth-order valence-electron chi connectivity index (χ4n) is 2.06. The Hall–Kier alpha value is -0.120. The number of likely N-dealkylation sites (N-methyl/N-ethyl adjacent to an activating group) is 1. The van der Waals surface area contributed by atoms with Gasteiger partial charge in [-0.1, -0.05) is 6.42 Å². The third-order valence-electron chi connectivity index (χ3n) is 3.13. The predicted octanol–water partition coefficient (Wildman–Crippen LogP) is 1.44. The van der Waals surface area contributed by atoms with Gasteiger partial charge in [0, 0.05) is 12.6 Å². The second-order valence-electron chi connectivity index (χ2n) is 4.86. The Morgan fingerprint density at radius 1 is 1.33 bits per heavy atom. The molecule has 90 valence electrons. The van der Waals surface area contributed by atoms with Crippen molar-refractivity contribution in [3.05, 3.63) is 0 Å². The van der Waals surface area contributed by atoms with E-state index in [-0.39, 0.29) is 0 Å². The number of hydrogen-bond acceptors (Lipinski definition) is 3. The fraction of sp³-hybridized carbons (Fsp3) is 1.00. The number of nitrogens with zero attached hydrogens (tertiary/aromatic N) is 2. The zero-order valence-electron chi connectivity index (χ0n) is 10.5. The van der Waals surface area contributed by atoms with E-state index in [1.54, 1.807) is 0 Å². The van der Waals surface area contributed by atoms with E-state index >= 15 is 0 Å². The maximum absolute atomic E-state index is 5.73. The lowest BCUT2D eigenvalue weighted by molar-refractivity contribution is 0.0500. The lowest BCUT2D eigenvalue weighted by Crippen LogP contribution is -2.39. The molecule has 0 bridgehead atoms. The van der Waals surface area contributed by atoms with Crippen molar-refractivity contribution in [2.45, 2.75) is 31.7 Å². The van der Waals surface area contributed by atoms with Crippen LogP contribution in [-0.4, -0.2) is 63.3 Å². The SMILES string of the molecule is CN(C)CCCOCC1CCCCN1C. The van der Waals surface area contributed by atoms with E-state index in [0.29, 0.717) is 6.04 Å². The van der Waals surface area contributed by atoms with Crippen molar-refractivity contribution in [1.82, 2.24) is 9.80 Å². The molecular formula is C12H26N2O. The van der Waals surface area contributed by atoms with Crippen LogP contribution in [0.1, 0.15) is 25.7 Å². The van der Waals surface area contributed by atoms with Gasteiger partial charge in [-0.15, -0.1) is 0 Å². The summed E-state index contributed by atoms with van der Waals surface area (Å²) < 4.78 is 5.73. The van der Waals surface area contributed by atoms with E-state index in [1.165, 1.54) is 25.8 Å². The van der Waals surface area contributed by atoms with Crippen molar-refractivity contribution >= 4 is 0 Å². The molecule has 0 N–H and O–H groups in total. The summed E-state index contributed by atoms with van der Waals surface area (Å²) in [5, 5.41) is 0. The van der Waals surface area contributed by atoms with E-state index in [4.69, 9.17) is 4.74 Å². The van der Waals surface area contributed by atoms with Crippen molar-refractivity contribution in [2.75, 3.05) is 47.4 Å². The molecule has 1 rings (SSSR count). The van der Waals surface area contributed by atoms with Crippen molar-refractivity contribution in [1.29, 1.82) is 0 Å². The molecule has 0 saturated carbocycles. The Balaban J connectivity index is 1.99. The molecule has 0 aliphatic carbocycles. The normalized spacial score (nSPS) is 23.6. The highest BCUT2D eigenvalue weighted by molar-refractivity contribution is 4.73. The Morgan fingerprint density at radius 3 is 2.80 bits per heavy atom. The van der Waals surface area contributed by atoms with Crippen molar-refractivity contribution < 1.29 is 4.74 Å². The first kappa shape index (κ1) is 12.9. The van der Waals surface area contributed by atoms with Crippen molar-refractivity contribution in [2.24, 2.45) is 0 Å². The molecule has 1 unspecified atom stereocenters. The monoisotopic (exact) mass is 214 g/mol.